The number of piperazine rings is 1. The van der Waals surface area contributed by atoms with Crippen LogP contribution in [0.3, 0.4) is 0 Å². The number of amides is 3. The van der Waals surface area contributed by atoms with Crippen molar-refractivity contribution in [1.82, 2.24) is 15.1 Å². The Bertz CT molecular complexity index is 822. The van der Waals surface area contributed by atoms with Gasteiger partial charge in [0.05, 0.1) is 0 Å². The van der Waals surface area contributed by atoms with Crippen molar-refractivity contribution in [3.8, 4) is 0 Å². The minimum Gasteiger partial charge on any atom is -0.340 e. The minimum atomic E-state index is -0.706. The number of benzene rings is 1. The molecule has 3 amide bonds. The van der Waals surface area contributed by atoms with E-state index >= 15 is 0 Å². The first-order valence-corrected chi connectivity index (χ1v) is 11.9. The van der Waals surface area contributed by atoms with E-state index in [1.807, 2.05) is 25.7 Å². The summed E-state index contributed by atoms with van der Waals surface area (Å²) < 4.78 is 13.5. The second-order valence-corrected chi connectivity index (χ2v) is 9.62. The van der Waals surface area contributed by atoms with E-state index in [2.05, 4.69) is 5.32 Å². The Balaban J connectivity index is 1.56. The van der Waals surface area contributed by atoms with Gasteiger partial charge in [0.1, 0.15) is 11.9 Å². The Morgan fingerprint density at radius 1 is 1.16 bits per heavy atom. The smallest absolute Gasteiger partial charge is 0.252 e. The number of hydrogen-bond donors (Lipinski definition) is 1. The maximum absolute atomic E-state index is 13.5. The third-order valence-electron chi connectivity index (χ3n) is 6.81. The zero-order valence-electron chi connectivity index (χ0n) is 19.5. The summed E-state index contributed by atoms with van der Waals surface area (Å²) in [6.07, 6.45) is 6.59. The predicted molar refractivity (Wildman–Crippen MR) is 121 cm³/mol. The number of carbonyl (C=O) groups is 3. The fourth-order valence-corrected chi connectivity index (χ4v) is 4.86. The van der Waals surface area contributed by atoms with Crippen LogP contribution < -0.4 is 5.32 Å². The highest BCUT2D eigenvalue weighted by Gasteiger charge is 2.34. The van der Waals surface area contributed by atoms with Gasteiger partial charge in [-0.3, -0.25) is 14.4 Å². The van der Waals surface area contributed by atoms with Crippen LogP contribution >= 0.6 is 0 Å². The van der Waals surface area contributed by atoms with Crippen LogP contribution in [0.15, 0.2) is 24.3 Å². The van der Waals surface area contributed by atoms with Crippen molar-refractivity contribution in [2.24, 2.45) is 11.8 Å². The molecule has 1 aliphatic carbocycles. The van der Waals surface area contributed by atoms with Crippen LogP contribution in [0.2, 0.25) is 0 Å². The van der Waals surface area contributed by atoms with Crippen molar-refractivity contribution in [3.63, 3.8) is 0 Å². The highest BCUT2D eigenvalue weighted by molar-refractivity contribution is 5.97. The lowest BCUT2D eigenvalue weighted by molar-refractivity contribution is -0.144. The van der Waals surface area contributed by atoms with Gasteiger partial charge in [-0.25, -0.2) is 4.39 Å². The normalized spacial score (nSPS) is 20.5. The number of nitrogens with zero attached hydrogens (tertiary/aromatic N) is 2. The molecule has 0 spiro atoms. The van der Waals surface area contributed by atoms with Gasteiger partial charge in [-0.15, -0.1) is 0 Å². The molecule has 1 aromatic carbocycles. The molecule has 1 aliphatic heterocycles. The van der Waals surface area contributed by atoms with E-state index in [0.29, 0.717) is 32.0 Å². The Morgan fingerprint density at radius 2 is 1.88 bits per heavy atom. The van der Waals surface area contributed by atoms with E-state index in [1.54, 1.807) is 4.90 Å². The molecule has 1 saturated heterocycles. The molecular weight excluding hydrogens is 409 g/mol. The van der Waals surface area contributed by atoms with Crippen LogP contribution in [-0.4, -0.2) is 59.2 Å². The summed E-state index contributed by atoms with van der Waals surface area (Å²) in [4.78, 5) is 42.2. The van der Waals surface area contributed by atoms with Gasteiger partial charge in [0.2, 0.25) is 11.8 Å². The third kappa shape index (κ3) is 6.08. The van der Waals surface area contributed by atoms with Crippen LogP contribution in [0, 0.1) is 17.7 Å². The van der Waals surface area contributed by atoms with E-state index in [0.717, 1.165) is 12.5 Å². The van der Waals surface area contributed by atoms with Crippen LogP contribution in [0.4, 0.5) is 4.39 Å². The first kappa shape index (κ1) is 24.2. The average Bonchev–Trinajstić information content (AvgIpc) is 3.28. The summed E-state index contributed by atoms with van der Waals surface area (Å²) in [7, 11) is 0. The fourth-order valence-electron chi connectivity index (χ4n) is 4.86. The molecule has 1 aromatic rings. The molecule has 0 aromatic heterocycles. The molecule has 2 aliphatic rings. The topological polar surface area (TPSA) is 69.7 Å². The second kappa shape index (κ2) is 10.9. The third-order valence-corrected chi connectivity index (χ3v) is 6.81. The molecule has 0 bridgehead atoms. The van der Waals surface area contributed by atoms with Gasteiger partial charge < -0.3 is 15.1 Å². The monoisotopic (exact) mass is 445 g/mol. The average molecular weight is 446 g/mol. The summed E-state index contributed by atoms with van der Waals surface area (Å²) in [6.45, 7) is 7.15. The standard InChI is InChI=1S/C25H36FN3O3/c1-17(2)23(27-24(31)20-9-6-10-21(26)15-20)25(32)28-13-14-29(18(3)16-28)22(30)12-11-19-7-4-5-8-19/h6,9-10,15,17-19,23H,4-5,7-8,11-14,16H2,1-3H3,(H,27,31). The lowest BCUT2D eigenvalue weighted by Crippen LogP contribution is -2.59. The Kier molecular flexibility index (Phi) is 8.26. The lowest BCUT2D eigenvalue weighted by Gasteiger charge is -2.41. The molecule has 7 heteroatoms. The minimum absolute atomic E-state index is 0.0597. The van der Waals surface area contributed by atoms with Gasteiger partial charge in [-0.2, -0.15) is 0 Å². The molecule has 3 rings (SSSR count). The highest BCUT2D eigenvalue weighted by atomic mass is 19.1. The summed E-state index contributed by atoms with van der Waals surface area (Å²) in [6, 6.07) is 4.67. The molecule has 176 valence electrons. The molecule has 2 unspecified atom stereocenters. The first-order chi connectivity index (χ1) is 15.3. The number of hydrogen-bond acceptors (Lipinski definition) is 3. The van der Waals surface area contributed by atoms with Crippen LogP contribution in [0.1, 0.15) is 69.7 Å². The lowest BCUT2D eigenvalue weighted by atomic mass is 10.00. The van der Waals surface area contributed by atoms with Crippen LogP contribution in [0.25, 0.3) is 0 Å². The highest BCUT2D eigenvalue weighted by Crippen LogP contribution is 2.29. The maximum Gasteiger partial charge on any atom is 0.252 e. The molecule has 1 saturated carbocycles. The second-order valence-electron chi connectivity index (χ2n) is 9.62. The zero-order chi connectivity index (χ0) is 23.3. The molecule has 1 heterocycles. The quantitative estimate of drug-likeness (QED) is 0.697. The number of nitrogens with one attached hydrogen (secondary N) is 1. The number of rotatable bonds is 7. The van der Waals surface area contributed by atoms with Crippen molar-refractivity contribution in [1.29, 1.82) is 0 Å². The van der Waals surface area contributed by atoms with Gasteiger partial charge in [0, 0.05) is 37.7 Å². The molecule has 32 heavy (non-hydrogen) atoms. The predicted octanol–water partition coefficient (Wildman–Crippen LogP) is 3.61. The van der Waals surface area contributed by atoms with E-state index in [9.17, 15) is 18.8 Å². The Labute approximate surface area is 190 Å². The van der Waals surface area contributed by atoms with Gasteiger partial charge in [0.15, 0.2) is 0 Å². The molecule has 0 radical (unpaired) electrons. The van der Waals surface area contributed by atoms with Gasteiger partial charge in [-0.1, -0.05) is 45.6 Å². The van der Waals surface area contributed by atoms with E-state index < -0.39 is 17.8 Å². The summed E-state index contributed by atoms with van der Waals surface area (Å²) in [5, 5.41) is 2.78. The van der Waals surface area contributed by atoms with Crippen molar-refractivity contribution in [2.75, 3.05) is 19.6 Å². The molecule has 6 nitrogen and oxygen atoms in total. The number of halogens is 1. The van der Waals surface area contributed by atoms with Gasteiger partial charge >= 0.3 is 0 Å². The summed E-state index contributed by atoms with van der Waals surface area (Å²) >= 11 is 0. The number of carbonyl (C=O) groups excluding carboxylic acids is 3. The van der Waals surface area contributed by atoms with Crippen molar-refractivity contribution < 1.29 is 18.8 Å². The van der Waals surface area contributed by atoms with Crippen molar-refractivity contribution >= 4 is 17.7 Å². The fraction of sp³-hybridized carbons (Fsp3) is 0.640. The Hall–Kier alpha value is -2.44. The zero-order valence-corrected chi connectivity index (χ0v) is 19.5. The van der Waals surface area contributed by atoms with Crippen molar-refractivity contribution in [3.05, 3.63) is 35.6 Å². The van der Waals surface area contributed by atoms with E-state index in [4.69, 9.17) is 0 Å². The SMILES string of the molecule is CC(C)C(NC(=O)c1cccc(F)c1)C(=O)N1CCN(C(=O)CCC2CCCC2)C(C)C1. The molecule has 2 fully saturated rings. The largest absolute Gasteiger partial charge is 0.340 e. The van der Waals surface area contributed by atoms with Gasteiger partial charge in [0.25, 0.3) is 5.91 Å². The summed E-state index contributed by atoms with van der Waals surface area (Å²) in [5.74, 6) is -0.379. The van der Waals surface area contributed by atoms with E-state index in [1.165, 1.54) is 43.9 Å². The van der Waals surface area contributed by atoms with Crippen LogP contribution in [-0.2, 0) is 9.59 Å². The first-order valence-electron chi connectivity index (χ1n) is 11.9. The van der Waals surface area contributed by atoms with Crippen molar-refractivity contribution in [2.45, 2.75) is 71.4 Å². The maximum atomic E-state index is 13.5. The molecule has 1 N–H and O–H groups in total. The van der Waals surface area contributed by atoms with Crippen LogP contribution in [0.5, 0.6) is 0 Å². The molecular formula is C25H36FN3O3. The molecule has 2 atom stereocenters. The summed E-state index contributed by atoms with van der Waals surface area (Å²) in [5.41, 5.74) is 0.189. The van der Waals surface area contributed by atoms with Gasteiger partial charge in [-0.05, 0) is 43.4 Å². The van der Waals surface area contributed by atoms with E-state index in [-0.39, 0.29) is 29.3 Å². The Morgan fingerprint density at radius 3 is 2.50 bits per heavy atom.